The predicted octanol–water partition coefficient (Wildman–Crippen LogP) is 2.69. The topological polar surface area (TPSA) is 52.7 Å². The summed E-state index contributed by atoms with van der Waals surface area (Å²) in [5.74, 6) is -0.391. The number of nitrogens with one attached hydrogen (secondary N) is 1. The quantitative estimate of drug-likeness (QED) is 0.778. The Morgan fingerprint density at radius 3 is 2.30 bits per heavy atom. The molecule has 2 aromatic carbocycles. The molecule has 1 aliphatic rings. The van der Waals surface area contributed by atoms with E-state index in [1.165, 1.54) is 5.56 Å². The van der Waals surface area contributed by atoms with Crippen molar-refractivity contribution < 1.29 is 9.59 Å². The third-order valence-electron chi connectivity index (χ3n) is 4.72. The fourth-order valence-electron chi connectivity index (χ4n) is 3.14. The van der Waals surface area contributed by atoms with Gasteiger partial charge in [-0.05, 0) is 17.2 Å². The number of hydrogen-bond acceptors (Lipinski definition) is 3. The van der Waals surface area contributed by atoms with Gasteiger partial charge in [-0.15, -0.1) is 0 Å². The summed E-state index contributed by atoms with van der Waals surface area (Å²) in [6.45, 7) is 4.18. The lowest BCUT2D eigenvalue weighted by Gasteiger charge is -2.34. The molecule has 0 radical (unpaired) electrons. The van der Waals surface area contributed by atoms with Crippen LogP contribution in [0.4, 0.5) is 0 Å². The van der Waals surface area contributed by atoms with Crippen LogP contribution in [0, 0.1) is 0 Å². The lowest BCUT2D eigenvalue weighted by molar-refractivity contribution is -0.137. The first-order chi connectivity index (χ1) is 13.1. The van der Waals surface area contributed by atoms with Crippen molar-refractivity contribution in [3.8, 4) is 0 Å². The van der Waals surface area contributed by atoms with Gasteiger partial charge in [0.25, 0.3) is 0 Å². The highest BCUT2D eigenvalue weighted by Gasteiger charge is 2.22. The Balaban J connectivity index is 1.40. The Kier molecular flexibility index (Phi) is 6.85. The maximum absolute atomic E-state index is 12.4. The summed E-state index contributed by atoms with van der Waals surface area (Å²) >= 11 is 6.08. The molecule has 2 amide bonds. The van der Waals surface area contributed by atoms with Crippen LogP contribution in [0.5, 0.6) is 0 Å². The number of carbonyl (C=O) groups excluding carboxylic acids is 2. The van der Waals surface area contributed by atoms with Crippen molar-refractivity contribution in [2.45, 2.75) is 19.5 Å². The molecule has 0 aliphatic carbocycles. The molecule has 0 bridgehead atoms. The normalized spacial score (nSPS) is 14.8. The Labute approximate surface area is 164 Å². The third kappa shape index (κ3) is 5.81. The molecular formula is C21H24ClN3O2. The van der Waals surface area contributed by atoms with Crippen LogP contribution in [0.3, 0.4) is 0 Å². The van der Waals surface area contributed by atoms with E-state index in [0.717, 1.165) is 25.2 Å². The minimum absolute atomic E-state index is 0.119. The van der Waals surface area contributed by atoms with Gasteiger partial charge in [-0.25, -0.2) is 0 Å². The molecule has 1 saturated heterocycles. The van der Waals surface area contributed by atoms with Gasteiger partial charge in [0.2, 0.25) is 11.8 Å². The summed E-state index contributed by atoms with van der Waals surface area (Å²) in [6, 6.07) is 17.7. The number of piperazine rings is 1. The van der Waals surface area contributed by atoms with Gasteiger partial charge in [-0.1, -0.05) is 60.1 Å². The standard InChI is InChI=1S/C21H24ClN3O2/c22-19-9-5-4-8-18(19)15-23-20(26)14-21(27)25-12-10-24(11-13-25)16-17-6-2-1-3-7-17/h1-9H,10-16H2,(H,23,26). The maximum Gasteiger partial charge on any atom is 0.232 e. The van der Waals surface area contributed by atoms with Crippen LogP contribution in [0.15, 0.2) is 54.6 Å². The summed E-state index contributed by atoms with van der Waals surface area (Å²) in [7, 11) is 0. The molecule has 0 atom stereocenters. The van der Waals surface area contributed by atoms with Crippen LogP contribution >= 0.6 is 11.6 Å². The third-order valence-corrected chi connectivity index (χ3v) is 5.09. The van der Waals surface area contributed by atoms with Gasteiger partial charge in [0.1, 0.15) is 6.42 Å². The molecule has 1 aliphatic heterocycles. The molecular weight excluding hydrogens is 362 g/mol. The van der Waals surface area contributed by atoms with E-state index >= 15 is 0 Å². The molecule has 27 heavy (non-hydrogen) atoms. The monoisotopic (exact) mass is 385 g/mol. The van der Waals surface area contributed by atoms with Gasteiger partial charge >= 0.3 is 0 Å². The zero-order chi connectivity index (χ0) is 19.1. The number of hydrogen-bond donors (Lipinski definition) is 1. The van der Waals surface area contributed by atoms with Crippen LogP contribution in [0.2, 0.25) is 5.02 Å². The smallest absolute Gasteiger partial charge is 0.232 e. The summed E-state index contributed by atoms with van der Waals surface area (Å²) < 4.78 is 0. The van der Waals surface area contributed by atoms with Crippen molar-refractivity contribution in [1.82, 2.24) is 15.1 Å². The van der Waals surface area contributed by atoms with Crippen molar-refractivity contribution in [2.75, 3.05) is 26.2 Å². The Bertz CT molecular complexity index is 774. The zero-order valence-electron chi connectivity index (χ0n) is 15.2. The van der Waals surface area contributed by atoms with Crippen LogP contribution in [-0.2, 0) is 22.7 Å². The molecule has 0 unspecified atom stereocenters. The SMILES string of the molecule is O=C(CC(=O)N1CCN(Cc2ccccc2)CC1)NCc1ccccc1Cl. The summed E-state index contributed by atoms with van der Waals surface area (Å²) in [5, 5.41) is 3.38. The highest BCUT2D eigenvalue weighted by atomic mass is 35.5. The van der Waals surface area contributed by atoms with E-state index in [4.69, 9.17) is 11.6 Å². The van der Waals surface area contributed by atoms with Crippen LogP contribution in [0.1, 0.15) is 17.5 Å². The average Bonchev–Trinajstić information content (AvgIpc) is 2.69. The second-order valence-corrected chi connectivity index (χ2v) is 7.09. The summed E-state index contributed by atoms with van der Waals surface area (Å²) in [6.07, 6.45) is -0.122. The molecule has 0 saturated carbocycles. The number of carbonyl (C=O) groups is 2. The molecule has 0 aromatic heterocycles. The maximum atomic E-state index is 12.4. The van der Waals surface area contributed by atoms with Crippen molar-refractivity contribution in [3.05, 3.63) is 70.7 Å². The minimum atomic E-state index is -0.272. The van der Waals surface area contributed by atoms with Gasteiger partial charge in [-0.2, -0.15) is 0 Å². The Morgan fingerprint density at radius 2 is 1.59 bits per heavy atom. The van der Waals surface area contributed by atoms with Crippen LogP contribution < -0.4 is 5.32 Å². The van der Waals surface area contributed by atoms with E-state index < -0.39 is 0 Å². The number of halogens is 1. The molecule has 142 valence electrons. The van der Waals surface area contributed by atoms with E-state index in [-0.39, 0.29) is 18.2 Å². The Hall–Kier alpha value is -2.37. The number of rotatable bonds is 6. The summed E-state index contributed by atoms with van der Waals surface area (Å²) in [4.78, 5) is 28.6. The first kappa shape index (κ1) is 19.4. The van der Waals surface area contributed by atoms with E-state index in [2.05, 4.69) is 22.3 Å². The summed E-state index contributed by atoms with van der Waals surface area (Å²) in [5.41, 5.74) is 2.12. The molecule has 5 nitrogen and oxygen atoms in total. The van der Waals surface area contributed by atoms with Gasteiger partial charge in [0, 0.05) is 44.3 Å². The molecule has 6 heteroatoms. The molecule has 0 spiro atoms. The van der Waals surface area contributed by atoms with Crippen molar-refractivity contribution >= 4 is 23.4 Å². The van der Waals surface area contributed by atoms with E-state index in [0.29, 0.717) is 24.7 Å². The molecule has 1 heterocycles. The van der Waals surface area contributed by atoms with Crippen molar-refractivity contribution in [2.24, 2.45) is 0 Å². The molecule has 1 fully saturated rings. The van der Waals surface area contributed by atoms with Gasteiger partial charge < -0.3 is 10.2 Å². The van der Waals surface area contributed by atoms with Gasteiger partial charge in [0.15, 0.2) is 0 Å². The second kappa shape index (κ2) is 9.53. The highest BCUT2D eigenvalue weighted by Crippen LogP contribution is 2.14. The molecule has 3 rings (SSSR count). The first-order valence-electron chi connectivity index (χ1n) is 9.16. The first-order valence-corrected chi connectivity index (χ1v) is 9.54. The highest BCUT2D eigenvalue weighted by molar-refractivity contribution is 6.31. The van der Waals surface area contributed by atoms with Crippen molar-refractivity contribution in [3.63, 3.8) is 0 Å². The van der Waals surface area contributed by atoms with Crippen molar-refractivity contribution in [1.29, 1.82) is 0 Å². The largest absolute Gasteiger partial charge is 0.352 e. The lowest BCUT2D eigenvalue weighted by atomic mass is 10.2. The van der Waals surface area contributed by atoms with Crippen LogP contribution in [-0.4, -0.2) is 47.8 Å². The fourth-order valence-corrected chi connectivity index (χ4v) is 3.35. The zero-order valence-corrected chi connectivity index (χ0v) is 16.0. The van der Waals surface area contributed by atoms with E-state index in [1.54, 1.807) is 11.0 Å². The number of nitrogens with zero attached hydrogens (tertiary/aromatic N) is 2. The van der Waals surface area contributed by atoms with Gasteiger partial charge in [-0.3, -0.25) is 14.5 Å². The molecule has 1 N–H and O–H groups in total. The fraction of sp³-hybridized carbons (Fsp3) is 0.333. The molecule has 2 aromatic rings. The van der Waals surface area contributed by atoms with E-state index in [1.807, 2.05) is 36.4 Å². The lowest BCUT2D eigenvalue weighted by Crippen LogP contribution is -2.49. The minimum Gasteiger partial charge on any atom is -0.352 e. The average molecular weight is 386 g/mol. The predicted molar refractivity (Wildman–Crippen MR) is 106 cm³/mol. The Morgan fingerprint density at radius 1 is 0.926 bits per heavy atom. The number of benzene rings is 2. The number of amides is 2. The van der Waals surface area contributed by atoms with Gasteiger partial charge in [0.05, 0.1) is 0 Å². The van der Waals surface area contributed by atoms with Crippen LogP contribution in [0.25, 0.3) is 0 Å². The van der Waals surface area contributed by atoms with E-state index in [9.17, 15) is 9.59 Å². The second-order valence-electron chi connectivity index (χ2n) is 6.69.